The molecule has 3 heterocycles. The number of pyridine rings is 1. The van der Waals surface area contributed by atoms with Crippen LogP contribution in [0.3, 0.4) is 0 Å². The highest BCUT2D eigenvalue weighted by molar-refractivity contribution is 6.32. The Morgan fingerprint density at radius 1 is 1.20 bits per heavy atom. The van der Waals surface area contributed by atoms with E-state index in [1.807, 2.05) is 0 Å². The molecule has 4 aromatic rings. The van der Waals surface area contributed by atoms with E-state index < -0.39 is 34.4 Å². The van der Waals surface area contributed by atoms with Gasteiger partial charge in [-0.1, -0.05) is 11.6 Å². The SMILES string of the molecule is CC(Nc1nc2cc(C(F)(F)F)c(Cl)cc2o1)c1ncnn1-c1ccc(C(=O)OC(C)(C)C)cn1. The number of nitrogens with zero attached hydrogens (tertiary/aromatic N) is 5. The number of ether oxygens (including phenoxy) is 1. The fourth-order valence-corrected chi connectivity index (χ4v) is 3.43. The quantitative estimate of drug-likeness (QED) is 0.347. The molecule has 0 bridgehead atoms. The summed E-state index contributed by atoms with van der Waals surface area (Å²) in [5, 5.41) is 6.63. The van der Waals surface area contributed by atoms with Gasteiger partial charge in [-0.3, -0.25) is 0 Å². The van der Waals surface area contributed by atoms with Crippen molar-refractivity contribution in [3.05, 3.63) is 58.8 Å². The van der Waals surface area contributed by atoms with Crippen LogP contribution in [-0.2, 0) is 10.9 Å². The van der Waals surface area contributed by atoms with Gasteiger partial charge in [0, 0.05) is 12.3 Å². The molecule has 0 spiro atoms. The van der Waals surface area contributed by atoms with Crippen molar-refractivity contribution in [3.63, 3.8) is 0 Å². The minimum atomic E-state index is -4.62. The molecule has 4 rings (SSSR count). The smallest absolute Gasteiger partial charge is 0.417 e. The summed E-state index contributed by atoms with van der Waals surface area (Å²) in [6, 6.07) is 4.49. The summed E-state index contributed by atoms with van der Waals surface area (Å²) in [5.74, 6) is 0.298. The van der Waals surface area contributed by atoms with Crippen LogP contribution in [0.1, 0.15) is 55.5 Å². The minimum Gasteiger partial charge on any atom is -0.456 e. The van der Waals surface area contributed by atoms with Gasteiger partial charge in [0.2, 0.25) is 0 Å². The third-order valence-corrected chi connectivity index (χ3v) is 5.00. The topological polar surface area (TPSA) is 108 Å². The van der Waals surface area contributed by atoms with Crippen LogP contribution in [0.15, 0.2) is 41.2 Å². The predicted octanol–water partition coefficient (Wildman–Crippen LogP) is 5.60. The van der Waals surface area contributed by atoms with E-state index in [4.69, 9.17) is 20.8 Å². The van der Waals surface area contributed by atoms with E-state index in [0.29, 0.717) is 11.6 Å². The number of oxazole rings is 1. The van der Waals surface area contributed by atoms with Crippen molar-refractivity contribution in [2.45, 2.75) is 45.5 Å². The largest absolute Gasteiger partial charge is 0.456 e. The monoisotopic (exact) mass is 508 g/mol. The molecule has 0 aliphatic heterocycles. The first-order chi connectivity index (χ1) is 16.3. The summed E-state index contributed by atoms with van der Waals surface area (Å²) in [7, 11) is 0. The van der Waals surface area contributed by atoms with Gasteiger partial charge in [0.25, 0.3) is 6.01 Å². The Kier molecular flexibility index (Phi) is 6.18. The number of hydrogen-bond donors (Lipinski definition) is 1. The van der Waals surface area contributed by atoms with Gasteiger partial charge in [-0.2, -0.15) is 27.9 Å². The molecule has 1 unspecified atom stereocenters. The molecule has 0 saturated carbocycles. The number of fused-ring (bicyclic) bond motifs is 1. The van der Waals surface area contributed by atoms with Gasteiger partial charge < -0.3 is 14.5 Å². The molecule has 1 atom stereocenters. The molecular weight excluding hydrogens is 489 g/mol. The Labute approximate surface area is 202 Å². The molecule has 0 radical (unpaired) electrons. The Morgan fingerprint density at radius 2 is 1.94 bits per heavy atom. The Hall–Kier alpha value is -3.67. The highest BCUT2D eigenvalue weighted by Crippen LogP contribution is 2.37. The van der Waals surface area contributed by atoms with Crippen LogP contribution in [0, 0.1) is 0 Å². The van der Waals surface area contributed by atoms with Crippen LogP contribution in [0.2, 0.25) is 5.02 Å². The average molecular weight is 509 g/mol. The summed E-state index contributed by atoms with van der Waals surface area (Å²) in [6.45, 7) is 7.04. The van der Waals surface area contributed by atoms with Crippen molar-refractivity contribution in [2.24, 2.45) is 0 Å². The van der Waals surface area contributed by atoms with E-state index in [0.717, 1.165) is 12.1 Å². The number of aromatic nitrogens is 5. The average Bonchev–Trinajstić information content (AvgIpc) is 3.37. The Balaban J connectivity index is 1.55. The van der Waals surface area contributed by atoms with E-state index in [2.05, 4.69) is 25.4 Å². The standard InChI is InChI=1S/C22H20ClF3N6O3/c1-11(30-20-31-15-7-13(22(24,25)26)14(23)8-16(15)34-20)18-28-10-29-32(18)17-6-5-12(9-27-17)19(33)35-21(2,3)4/h5-11H,1-4H3,(H,30,31). The number of carbonyl (C=O) groups excluding carboxylic acids is 1. The van der Waals surface area contributed by atoms with Crippen LogP contribution in [0.4, 0.5) is 19.2 Å². The molecular formula is C22H20ClF3N6O3. The molecule has 3 aromatic heterocycles. The lowest BCUT2D eigenvalue weighted by Crippen LogP contribution is -2.24. The van der Waals surface area contributed by atoms with E-state index in [-0.39, 0.29) is 22.7 Å². The number of esters is 1. The van der Waals surface area contributed by atoms with Gasteiger partial charge in [-0.15, -0.1) is 0 Å². The molecule has 0 fully saturated rings. The second kappa shape index (κ2) is 8.84. The highest BCUT2D eigenvalue weighted by Gasteiger charge is 2.34. The molecule has 0 aliphatic rings. The third-order valence-electron chi connectivity index (χ3n) is 4.68. The van der Waals surface area contributed by atoms with E-state index >= 15 is 0 Å². The normalized spacial score (nSPS) is 13.1. The first-order valence-corrected chi connectivity index (χ1v) is 10.7. The van der Waals surface area contributed by atoms with E-state index in [1.165, 1.54) is 17.2 Å². The number of nitrogens with one attached hydrogen (secondary N) is 1. The van der Waals surface area contributed by atoms with Crippen molar-refractivity contribution < 1.29 is 27.1 Å². The number of benzene rings is 1. The summed E-state index contributed by atoms with van der Waals surface area (Å²) >= 11 is 5.75. The van der Waals surface area contributed by atoms with Gasteiger partial charge in [0.15, 0.2) is 17.2 Å². The maximum Gasteiger partial charge on any atom is 0.417 e. The first-order valence-electron chi connectivity index (χ1n) is 10.4. The van der Waals surface area contributed by atoms with Gasteiger partial charge in [-0.05, 0) is 45.9 Å². The van der Waals surface area contributed by atoms with Gasteiger partial charge >= 0.3 is 12.1 Å². The molecule has 0 saturated heterocycles. The van der Waals surface area contributed by atoms with Gasteiger partial charge in [0.1, 0.15) is 17.4 Å². The number of anilines is 1. The molecule has 0 aliphatic carbocycles. The summed E-state index contributed by atoms with van der Waals surface area (Å²) < 4.78 is 51.6. The molecule has 1 aromatic carbocycles. The Bertz CT molecular complexity index is 1380. The zero-order chi connectivity index (χ0) is 25.5. The summed E-state index contributed by atoms with van der Waals surface area (Å²) in [4.78, 5) is 24.8. The second-order valence-electron chi connectivity index (χ2n) is 8.62. The summed E-state index contributed by atoms with van der Waals surface area (Å²) in [6.07, 6.45) is -1.93. The molecule has 9 nitrogen and oxygen atoms in total. The number of rotatable bonds is 5. The maximum absolute atomic E-state index is 13.1. The van der Waals surface area contributed by atoms with Crippen molar-refractivity contribution in [1.29, 1.82) is 0 Å². The lowest BCUT2D eigenvalue weighted by atomic mass is 10.2. The molecule has 184 valence electrons. The maximum atomic E-state index is 13.1. The predicted molar refractivity (Wildman–Crippen MR) is 120 cm³/mol. The van der Waals surface area contributed by atoms with E-state index in [1.54, 1.807) is 39.8 Å². The molecule has 35 heavy (non-hydrogen) atoms. The minimum absolute atomic E-state index is 0.00251. The van der Waals surface area contributed by atoms with E-state index in [9.17, 15) is 18.0 Å². The van der Waals surface area contributed by atoms with Gasteiger partial charge in [0.05, 0.1) is 22.2 Å². The molecule has 13 heteroatoms. The number of alkyl halides is 3. The van der Waals surface area contributed by atoms with Crippen LogP contribution in [0.25, 0.3) is 16.9 Å². The third kappa shape index (κ3) is 5.37. The van der Waals surface area contributed by atoms with Crippen LogP contribution >= 0.6 is 11.6 Å². The number of hydrogen-bond acceptors (Lipinski definition) is 8. The zero-order valence-electron chi connectivity index (χ0n) is 19.0. The van der Waals surface area contributed by atoms with Crippen LogP contribution in [0.5, 0.6) is 0 Å². The van der Waals surface area contributed by atoms with Crippen molar-refractivity contribution in [1.82, 2.24) is 24.7 Å². The molecule has 1 N–H and O–H groups in total. The van der Waals surface area contributed by atoms with Gasteiger partial charge in [-0.25, -0.2) is 14.8 Å². The van der Waals surface area contributed by atoms with Crippen LogP contribution in [-0.4, -0.2) is 36.3 Å². The second-order valence-corrected chi connectivity index (χ2v) is 9.03. The lowest BCUT2D eigenvalue weighted by Gasteiger charge is -2.19. The Morgan fingerprint density at radius 3 is 2.57 bits per heavy atom. The summed E-state index contributed by atoms with van der Waals surface area (Å²) in [5.41, 5.74) is -1.27. The van der Waals surface area contributed by atoms with Crippen molar-refractivity contribution in [2.75, 3.05) is 5.32 Å². The molecule has 0 amide bonds. The lowest BCUT2D eigenvalue weighted by molar-refractivity contribution is -0.137. The van der Waals surface area contributed by atoms with Crippen LogP contribution < -0.4 is 5.32 Å². The van der Waals surface area contributed by atoms with Crippen molar-refractivity contribution in [3.8, 4) is 5.82 Å². The number of halogens is 4. The fraction of sp³-hybridized carbons (Fsp3) is 0.318. The highest BCUT2D eigenvalue weighted by atomic mass is 35.5. The first kappa shape index (κ1) is 24.5. The fourth-order valence-electron chi connectivity index (χ4n) is 3.17. The zero-order valence-corrected chi connectivity index (χ0v) is 19.8. The number of carbonyl (C=O) groups is 1. The van der Waals surface area contributed by atoms with Crippen molar-refractivity contribution >= 4 is 34.7 Å².